The van der Waals surface area contributed by atoms with Gasteiger partial charge >= 0.3 is 0 Å². The standard InChI is InChI=1S/C17H18N4O2S/c1-12-3-5-14(6-4-12)21-9-15(19-20-21)16(22)18-11-17(2,23)13-7-8-24-10-13/h3-10,23H,11H2,1-2H3,(H,18,22). The molecule has 0 aliphatic carbocycles. The number of rotatable bonds is 5. The zero-order valence-electron chi connectivity index (χ0n) is 13.4. The van der Waals surface area contributed by atoms with Crippen molar-refractivity contribution in [2.24, 2.45) is 0 Å². The average Bonchev–Trinajstić information content (AvgIpc) is 3.25. The molecule has 3 aromatic rings. The maximum Gasteiger partial charge on any atom is 0.273 e. The highest BCUT2D eigenvalue weighted by atomic mass is 32.1. The summed E-state index contributed by atoms with van der Waals surface area (Å²) in [6.45, 7) is 3.77. The molecule has 0 fully saturated rings. The van der Waals surface area contributed by atoms with E-state index in [1.165, 1.54) is 11.3 Å². The first-order valence-corrected chi connectivity index (χ1v) is 8.43. The number of nitrogens with zero attached hydrogens (tertiary/aromatic N) is 3. The van der Waals surface area contributed by atoms with E-state index in [1.807, 2.05) is 48.0 Å². The second-order valence-corrected chi connectivity index (χ2v) is 6.63. The predicted molar refractivity (Wildman–Crippen MR) is 92.3 cm³/mol. The number of benzene rings is 1. The van der Waals surface area contributed by atoms with Crippen LogP contribution in [0.15, 0.2) is 47.3 Å². The fraction of sp³-hybridized carbons (Fsp3) is 0.235. The van der Waals surface area contributed by atoms with Crippen LogP contribution in [0.5, 0.6) is 0 Å². The van der Waals surface area contributed by atoms with Crippen LogP contribution in [-0.4, -0.2) is 32.6 Å². The van der Waals surface area contributed by atoms with Gasteiger partial charge in [-0.15, -0.1) is 5.10 Å². The van der Waals surface area contributed by atoms with Crippen molar-refractivity contribution in [3.05, 3.63) is 64.1 Å². The fourth-order valence-corrected chi connectivity index (χ4v) is 2.99. The number of hydrogen-bond acceptors (Lipinski definition) is 5. The van der Waals surface area contributed by atoms with Crippen LogP contribution < -0.4 is 5.32 Å². The minimum atomic E-state index is -1.12. The van der Waals surface area contributed by atoms with Crippen molar-refractivity contribution in [1.29, 1.82) is 0 Å². The van der Waals surface area contributed by atoms with Gasteiger partial charge in [0.15, 0.2) is 5.69 Å². The SMILES string of the molecule is Cc1ccc(-n2cc(C(=O)NCC(C)(O)c3ccsc3)nn2)cc1. The predicted octanol–water partition coefficient (Wildman–Crippen LogP) is 2.27. The molecule has 2 aromatic heterocycles. The molecule has 1 atom stereocenters. The Morgan fingerprint density at radius 2 is 2.08 bits per heavy atom. The van der Waals surface area contributed by atoms with E-state index in [9.17, 15) is 9.90 Å². The molecular weight excluding hydrogens is 324 g/mol. The number of hydrogen-bond donors (Lipinski definition) is 2. The maximum absolute atomic E-state index is 12.2. The van der Waals surface area contributed by atoms with Gasteiger partial charge < -0.3 is 10.4 Å². The molecule has 0 bridgehead atoms. The lowest BCUT2D eigenvalue weighted by Gasteiger charge is -2.22. The van der Waals surface area contributed by atoms with E-state index in [0.29, 0.717) is 0 Å². The monoisotopic (exact) mass is 342 g/mol. The summed E-state index contributed by atoms with van der Waals surface area (Å²) in [6, 6.07) is 9.59. The van der Waals surface area contributed by atoms with Crippen molar-refractivity contribution < 1.29 is 9.90 Å². The van der Waals surface area contributed by atoms with Gasteiger partial charge in [-0.25, -0.2) is 4.68 Å². The van der Waals surface area contributed by atoms with Gasteiger partial charge in [0.1, 0.15) is 5.60 Å². The smallest absolute Gasteiger partial charge is 0.273 e. The number of nitrogens with one attached hydrogen (secondary N) is 1. The van der Waals surface area contributed by atoms with Crippen molar-refractivity contribution >= 4 is 17.2 Å². The van der Waals surface area contributed by atoms with Gasteiger partial charge in [-0.1, -0.05) is 22.9 Å². The summed E-state index contributed by atoms with van der Waals surface area (Å²) >= 11 is 1.50. The van der Waals surface area contributed by atoms with Crippen molar-refractivity contribution in [1.82, 2.24) is 20.3 Å². The molecule has 0 spiro atoms. The molecule has 1 unspecified atom stereocenters. The second kappa shape index (κ2) is 6.54. The lowest BCUT2D eigenvalue weighted by molar-refractivity contribution is 0.0528. The van der Waals surface area contributed by atoms with E-state index < -0.39 is 5.60 Å². The largest absolute Gasteiger partial charge is 0.384 e. The molecule has 1 amide bonds. The van der Waals surface area contributed by atoms with Gasteiger partial charge in [-0.05, 0) is 48.4 Å². The Morgan fingerprint density at radius 3 is 2.75 bits per heavy atom. The number of thiophene rings is 1. The van der Waals surface area contributed by atoms with E-state index >= 15 is 0 Å². The zero-order valence-corrected chi connectivity index (χ0v) is 14.2. The lowest BCUT2D eigenvalue weighted by atomic mass is 9.99. The molecule has 2 heterocycles. The maximum atomic E-state index is 12.2. The zero-order chi connectivity index (χ0) is 17.2. The van der Waals surface area contributed by atoms with Crippen LogP contribution in [0.4, 0.5) is 0 Å². The molecule has 6 nitrogen and oxygen atoms in total. The first-order valence-electron chi connectivity index (χ1n) is 7.48. The summed E-state index contributed by atoms with van der Waals surface area (Å²) in [6.07, 6.45) is 1.57. The van der Waals surface area contributed by atoms with E-state index in [2.05, 4.69) is 15.6 Å². The van der Waals surface area contributed by atoms with Crippen LogP contribution in [0, 0.1) is 6.92 Å². The van der Waals surface area contributed by atoms with E-state index in [1.54, 1.807) is 17.8 Å². The summed E-state index contributed by atoms with van der Waals surface area (Å²) in [4.78, 5) is 12.2. The Morgan fingerprint density at radius 1 is 1.33 bits per heavy atom. The van der Waals surface area contributed by atoms with Crippen LogP contribution >= 0.6 is 11.3 Å². The van der Waals surface area contributed by atoms with Crippen LogP contribution in [-0.2, 0) is 5.60 Å². The molecule has 0 saturated carbocycles. The van der Waals surface area contributed by atoms with Gasteiger partial charge in [-0.3, -0.25) is 4.79 Å². The quantitative estimate of drug-likeness (QED) is 0.745. The highest BCUT2D eigenvalue weighted by Gasteiger charge is 2.25. The summed E-state index contributed by atoms with van der Waals surface area (Å²) < 4.78 is 1.55. The Labute approximate surface area is 143 Å². The lowest BCUT2D eigenvalue weighted by Crippen LogP contribution is -2.38. The normalized spacial score (nSPS) is 13.5. The summed E-state index contributed by atoms with van der Waals surface area (Å²) in [5.74, 6) is -0.371. The third kappa shape index (κ3) is 3.52. The summed E-state index contributed by atoms with van der Waals surface area (Å²) in [7, 11) is 0. The first kappa shape index (κ1) is 16.4. The Balaban J connectivity index is 1.67. The number of aryl methyl sites for hydroxylation is 1. The van der Waals surface area contributed by atoms with Gasteiger partial charge in [0.05, 0.1) is 18.4 Å². The van der Waals surface area contributed by atoms with Gasteiger partial charge in [0, 0.05) is 0 Å². The molecular formula is C17H18N4O2S. The second-order valence-electron chi connectivity index (χ2n) is 5.85. The Bertz CT molecular complexity index is 823. The van der Waals surface area contributed by atoms with E-state index in [0.717, 1.165) is 16.8 Å². The molecule has 2 N–H and O–H groups in total. The Kier molecular flexibility index (Phi) is 4.46. The average molecular weight is 342 g/mol. The minimum Gasteiger partial charge on any atom is -0.384 e. The molecule has 0 aliphatic heterocycles. The Hall–Kier alpha value is -2.51. The van der Waals surface area contributed by atoms with Crippen molar-refractivity contribution in [2.45, 2.75) is 19.4 Å². The topological polar surface area (TPSA) is 80.0 Å². The number of aromatic nitrogens is 3. The van der Waals surface area contributed by atoms with E-state index in [4.69, 9.17) is 0 Å². The fourth-order valence-electron chi connectivity index (χ4n) is 2.21. The summed E-state index contributed by atoms with van der Waals surface area (Å²) in [5.41, 5.74) is 1.83. The highest BCUT2D eigenvalue weighted by molar-refractivity contribution is 7.08. The molecule has 1 aromatic carbocycles. The minimum absolute atomic E-state index is 0.0972. The molecule has 7 heteroatoms. The molecule has 3 rings (SSSR count). The van der Waals surface area contributed by atoms with Crippen LogP contribution in [0.1, 0.15) is 28.5 Å². The van der Waals surface area contributed by atoms with Gasteiger partial charge in [0.2, 0.25) is 0 Å². The molecule has 0 aliphatic rings. The third-order valence-corrected chi connectivity index (χ3v) is 4.44. The molecule has 0 saturated heterocycles. The number of amides is 1. The van der Waals surface area contributed by atoms with Gasteiger partial charge in [0.25, 0.3) is 5.91 Å². The first-order chi connectivity index (χ1) is 11.5. The molecule has 24 heavy (non-hydrogen) atoms. The molecule has 124 valence electrons. The number of carbonyl (C=O) groups is 1. The van der Waals surface area contributed by atoms with Crippen molar-refractivity contribution in [2.75, 3.05) is 6.54 Å². The van der Waals surface area contributed by atoms with E-state index in [-0.39, 0.29) is 18.1 Å². The van der Waals surface area contributed by atoms with Crippen LogP contribution in [0.25, 0.3) is 5.69 Å². The van der Waals surface area contributed by atoms with Gasteiger partial charge in [-0.2, -0.15) is 11.3 Å². The van der Waals surface area contributed by atoms with Crippen molar-refractivity contribution in [3.63, 3.8) is 0 Å². The number of aliphatic hydroxyl groups is 1. The summed E-state index contributed by atoms with van der Waals surface area (Å²) in [5, 5.41) is 24.8. The van der Waals surface area contributed by atoms with Crippen LogP contribution in [0.3, 0.4) is 0 Å². The van der Waals surface area contributed by atoms with Crippen LogP contribution in [0.2, 0.25) is 0 Å². The third-order valence-electron chi connectivity index (χ3n) is 3.76. The number of carbonyl (C=O) groups excluding carboxylic acids is 1. The highest BCUT2D eigenvalue weighted by Crippen LogP contribution is 2.22. The molecule has 0 radical (unpaired) electrons. The van der Waals surface area contributed by atoms with Crippen molar-refractivity contribution in [3.8, 4) is 5.69 Å².